The molecule has 0 radical (unpaired) electrons. The van der Waals surface area contributed by atoms with Crippen molar-refractivity contribution in [2.75, 3.05) is 7.05 Å². The second-order valence-corrected chi connectivity index (χ2v) is 8.39. The molecule has 3 rings (SSSR count). The summed E-state index contributed by atoms with van der Waals surface area (Å²) in [4.78, 5) is 22.9. The zero-order valence-electron chi connectivity index (χ0n) is 19.5. The quantitative estimate of drug-likeness (QED) is 0.577. The molecule has 1 aliphatic heterocycles. The van der Waals surface area contributed by atoms with Gasteiger partial charge in [0.1, 0.15) is 0 Å². The van der Waals surface area contributed by atoms with Gasteiger partial charge in [-0.1, -0.05) is 26.8 Å². The van der Waals surface area contributed by atoms with Crippen LogP contribution in [0, 0.1) is 5.92 Å². The highest BCUT2D eigenvalue weighted by Gasteiger charge is 2.32. The SMILES string of the molecule is CC/C=C1/C(c2cnn(C(CC)CC)c2)=NC(C(C=NC2CC(C(N)=O)C2)=CN)=CN1C. The molecule has 0 saturated heterocycles. The Bertz CT molecular complexity index is 972. The Morgan fingerprint density at radius 3 is 2.62 bits per heavy atom. The van der Waals surface area contributed by atoms with Crippen LogP contribution in [-0.4, -0.2) is 45.6 Å². The van der Waals surface area contributed by atoms with Crippen LogP contribution in [0.2, 0.25) is 0 Å². The van der Waals surface area contributed by atoms with Crippen LogP contribution in [0.1, 0.15) is 64.5 Å². The van der Waals surface area contributed by atoms with E-state index in [2.05, 4.69) is 48.0 Å². The molecule has 0 atom stereocenters. The summed E-state index contributed by atoms with van der Waals surface area (Å²) in [5.74, 6) is -0.318. The minimum Gasteiger partial charge on any atom is -0.404 e. The largest absolute Gasteiger partial charge is 0.404 e. The van der Waals surface area contributed by atoms with Crippen molar-refractivity contribution in [2.45, 2.75) is 65.0 Å². The Morgan fingerprint density at radius 1 is 1.31 bits per heavy atom. The Hall–Kier alpha value is -3.16. The van der Waals surface area contributed by atoms with Gasteiger partial charge in [0, 0.05) is 48.9 Å². The van der Waals surface area contributed by atoms with Crippen LogP contribution in [0.3, 0.4) is 0 Å². The molecule has 1 fully saturated rings. The van der Waals surface area contributed by atoms with Crippen LogP contribution in [-0.2, 0) is 4.79 Å². The third-order valence-corrected chi connectivity index (χ3v) is 6.18. The first-order valence-electron chi connectivity index (χ1n) is 11.4. The number of primary amides is 1. The number of likely N-dealkylation sites (N-methyl/N-ethyl adjacent to an activating group) is 1. The summed E-state index contributed by atoms with van der Waals surface area (Å²) in [5, 5.41) is 4.61. The molecule has 0 spiro atoms. The third-order valence-electron chi connectivity index (χ3n) is 6.18. The number of hydrogen-bond donors (Lipinski definition) is 2. The van der Waals surface area contributed by atoms with Gasteiger partial charge in [-0.15, -0.1) is 0 Å². The molecule has 2 heterocycles. The molecule has 172 valence electrons. The zero-order chi connectivity index (χ0) is 23.3. The lowest BCUT2D eigenvalue weighted by Gasteiger charge is -2.30. The van der Waals surface area contributed by atoms with Crippen LogP contribution in [0.25, 0.3) is 0 Å². The molecule has 32 heavy (non-hydrogen) atoms. The van der Waals surface area contributed by atoms with E-state index in [0.29, 0.717) is 18.9 Å². The Kier molecular flexibility index (Phi) is 7.66. The molecule has 1 aromatic heterocycles. The summed E-state index contributed by atoms with van der Waals surface area (Å²) in [7, 11) is 2.01. The fourth-order valence-corrected chi connectivity index (χ4v) is 4.06. The number of allylic oxidation sites excluding steroid dienone is 3. The summed E-state index contributed by atoms with van der Waals surface area (Å²) < 4.78 is 2.03. The van der Waals surface area contributed by atoms with E-state index in [9.17, 15) is 4.79 Å². The van der Waals surface area contributed by atoms with Crippen LogP contribution in [0.15, 0.2) is 57.8 Å². The molecule has 0 unspecified atom stereocenters. The number of amides is 1. The van der Waals surface area contributed by atoms with E-state index >= 15 is 0 Å². The highest BCUT2D eigenvalue weighted by atomic mass is 16.1. The highest BCUT2D eigenvalue weighted by Crippen LogP contribution is 2.30. The van der Waals surface area contributed by atoms with Gasteiger partial charge in [0.2, 0.25) is 5.91 Å². The van der Waals surface area contributed by atoms with Gasteiger partial charge in [-0.3, -0.25) is 14.5 Å². The van der Waals surface area contributed by atoms with Gasteiger partial charge >= 0.3 is 0 Å². The average Bonchev–Trinajstić information content (AvgIpc) is 3.21. The standard InChI is InChI=1S/C24H35N7O/c1-5-8-22-23(18-13-28-31(14-18)20(6-2)7-3)29-21(15-30(22)4)17(11-25)12-27-19-9-16(10-19)24(26)32/h8,11-16,19-20H,5-7,9-10,25H2,1-4H3,(H2,26,32)/b17-11?,22-8-,27-12?. The smallest absolute Gasteiger partial charge is 0.220 e. The zero-order valence-corrected chi connectivity index (χ0v) is 19.5. The van der Waals surface area contributed by atoms with Crippen molar-refractivity contribution in [1.82, 2.24) is 14.7 Å². The molecule has 1 aromatic rings. The molecular weight excluding hydrogens is 402 g/mol. The predicted molar refractivity (Wildman–Crippen MR) is 129 cm³/mol. The lowest BCUT2D eigenvalue weighted by atomic mass is 9.80. The Labute approximate surface area is 190 Å². The molecule has 1 amide bonds. The molecule has 1 aliphatic carbocycles. The van der Waals surface area contributed by atoms with Gasteiger partial charge in [0.15, 0.2) is 0 Å². The second kappa shape index (κ2) is 10.4. The fourth-order valence-electron chi connectivity index (χ4n) is 4.06. The monoisotopic (exact) mass is 437 g/mol. The van der Waals surface area contributed by atoms with E-state index in [4.69, 9.17) is 16.5 Å². The van der Waals surface area contributed by atoms with Gasteiger partial charge in [-0.25, -0.2) is 4.99 Å². The summed E-state index contributed by atoms with van der Waals surface area (Å²) in [6, 6.07) is 0.472. The number of rotatable bonds is 9. The van der Waals surface area contributed by atoms with Gasteiger partial charge in [0.05, 0.1) is 35.4 Å². The number of hydrogen-bond acceptors (Lipinski definition) is 6. The Morgan fingerprint density at radius 2 is 2.03 bits per heavy atom. The number of carbonyl (C=O) groups is 1. The van der Waals surface area contributed by atoms with Crippen LogP contribution in [0.4, 0.5) is 0 Å². The van der Waals surface area contributed by atoms with Crippen LogP contribution < -0.4 is 11.5 Å². The molecule has 4 N–H and O–H groups in total. The summed E-state index contributed by atoms with van der Waals surface area (Å²) >= 11 is 0. The summed E-state index contributed by atoms with van der Waals surface area (Å²) in [5.41, 5.74) is 15.7. The number of carbonyl (C=O) groups excluding carboxylic acids is 1. The minimum atomic E-state index is -0.249. The van der Waals surface area contributed by atoms with Gasteiger partial charge in [-0.05, 0) is 32.1 Å². The normalized spacial score (nSPS) is 23.0. The lowest BCUT2D eigenvalue weighted by molar-refractivity contribution is -0.124. The molecule has 0 bridgehead atoms. The van der Waals surface area contributed by atoms with Crippen molar-refractivity contribution >= 4 is 17.8 Å². The third kappa shape index (κ3) is 5.00. The Balaban J connectivity index is 1.88. The van der Waals surface area contributed by atoms with Gasteiger partial charge < -0.3 is 16.4 Å². The highest BCUT2D eigenvalue weighted by molar-refractivity contribution is 6.13. The van der Waals surface area contributed by atoms with Crippen molar-refractivity contribution in [3.05, 3.63) is 53.4 Å². The number of aromatic nitrogens is 2. The maximum atomic E-state index is 11.2. The van der Waals surface area contributed by atoms with Gasteiger partial charge in [0.25, 0.3) is 0 Å². The number of nitrogens with zero attached hydrogens (tertiary/aromatic N) is 5. The fraction of sp³-hybridized carbons (Fsp3) is 0.500. The molecule has 2 aliphatic rings. The first kappa shape index (κ1) is 23.5. The maximum absolute atomic E-state index is 11.2. The van der Waals surface area contributed by atoms with Crippen molar-refractivity contribution < 1.29 is 4.79 Å². The van der Waals surface area contributed by atoms with Crippen molar-refractivity contribution in [2.24, 2.45) is 27.4 Å². The van der Waals surface area contributed by atoms with E-state index in [0.717, 1.165) is 47.5 Å². The number of nitrogens with two attached hydrogens (primary N) is 2. The van der Waals surface area contributed by atoms with Crippen molar-refractivity contribution in [3.8, 4) is 0 Å². The minimum absolute atomic E-state index is 0.0690. The topological polar surface area (TPSA) is 115 Å². The first-order chi connectivity index (χ1) is 15.4. The maximum Gasteiger partial charge on any atom is 0.220 e. The first-order valence-corrected chi connectivity index (χ1v) is 11.4. The van der Waals surface area contributed by atoms with E-state index < -0.39 is 0 Å². The molecule has 0 aromatic carbocycles. The molecular formula is C24H35N7O. The molecule has 1 saturated carbocycles. The van der Waals surface area contributed by atoms with Crippen LogP contribution in [0.5, 0.6) is 0 Å². The summed E-state index contributed by atoms with van der Waals surface area (Å²) in [6.45, 7) is 6.47. The van der Waals surface area contributed by atoms with Crippen LogP contribution >= 0.6 is 0 Å². The van der Waals surface area contributed by atoms with E-state index in [1.807, 2.05) is 24.1 Å². The average molecular weight is 438 g/mol. The lowest BCUT2D eigenvalue weighted by Crippen LogP contribution is -2.37. The van der Waals surface area contributed by atoms with Crippen molar-refractivity contribution in [1.29, 1.82) is 0 Å². The van der Waals surface area contributed by atoms with Crippen molar-refractivity contribution in [3.63, 3.8) is 0 Å². The van der Waals surface area contributed by atoms with Gasteiger partial charge in [-0.2, -0.15) is 5.10 Å². The second-order valence-electron chi connectivity index (χ2n) is 8.39. The predicted octanol–water partition coefficient (Wildman–Crippen LogP) is 3.29. The van der Waals surface area contributed by atoms with E-state index in [1.54, 1.807) is 6.21 Å². The summed E-state index contributed by atoms with van der Waals surface area (Å²) in [6.07, 6.45) is 15.7. The van der Waals surface area contributed by atoms with E-state index in [-0.39, 0.29) is 17.9 Å². The molecule has 8 heteroatoms. The van der Waals surface area contributed by atoms with E-state index in [1.165, 1.54) is 6.20 Å². The number of aliphatic imine (C=N–C) groups is 2. The molecule has 8 nitrogen and oxygen atoms in total.